The summed E-state index contributed by atoms with van der Waals surface area (Å²) in [6.45, 7) is -0.195. The molecule has 1 fully saturated rings. The van der Waals surface area contributed by atoms with E-state index in [1.165, 1.54) is 0 Å². The summed E-state index contributed by atoms with van der Waals surface area (Å²) in [4.78, 5) is 35.8. The lowest BCUT2D eigenvalue weighted by atomic mass is 9.87. The SMILES string of the molecule is NC(=O)COc1ccc(C2CC(=O)Nc3c2c(=O)[nH]n3C2CCCC2)cc1. The molecule has 0 spiro atoms. The topological polar surface area (TPSA) is 119 Å². The summed E-state index contributed by atoms with van der Waals surface area (Å²) in [6, 6.07) is 7.29. The van der Waals surface area contributed by atoms with Gasteiger partial charge < -0.3 is 15.8 Å². The van der Waals surface area contributed by atoms with E-state index in [0.29, 0.717) is 17.1 Å². The number of nitrogens with zero attached hydrogens (tertiary/aromatic N) is 1. The Labute approximate surface area is 155 Å². The maximum Gasteiger partial charge on any atom is 0.270 e. The molecule has 1 aliphatic carbocycles. The van der Waals surface area contributed by atoms with Gasteiger partial charge in [-0.3, -0.25) is 24.2 Å². The van der Waals surface area contributed by atoms with Gasteiger partial charge in [0.2, 0.25) is 5.91 Å². The van der Waals surface area contributed by atoms with Crippen LogP contribution in [0.3, 0.4) is 0 Å². The number of fused-ring (bicyclic) bond motifs is 1. The number of H-pyrrole nitrogens is 1. The number of ether oxygens (including phenoxy) is 1. The molecule has 27 heavy (non-hydrogen) atoms. The first kappa shape index (κ1) is 17.4. The van der Waals surface area contributed by atoms with Crippen LogP contribution in [0, 0.1) is 0 Å². The standard InChI is InChI=1S/C19H22N4O4/c20-15(24)10-27-13-7-5-11(6-8-13)14-9-16(25)21-18-17(14)19(26)22-23(18)12-3-1-2-4-12/h5-8,12,14H,1-4,9-10H2,(H2,20,24)(H,21,25)(H,22,26). The van der Waals surface area contributed by atoms with Crippen molar-refractivity contribution in [1.82, 2.24) is 9.78 Å². The molecule has 2 amide bonds. The van der Waals surface area contributed by atoms with Crippen molar-refractivity contribution in [3.8, 4) is 5.75 Å². The number of aromatic nitrogens is 2. The number of aromatic amines is 1. The molecule has 142 valence electrons. The Bertz CT molecular complexity index is 922. The Morgan fingerprint density at radius 2 is 1.89 bits per heavy atom. The number of carbonyl (C=O) groups is 2. The molecule has 2 aliphatic rings. The van der Waals surface area contributed by atoms with Crippen molar-refractivity contribution in [2.75, 3.05) is 11.9 Å². The molecule has 1 saturated carbocycles. The second-order valence-corrected chi connectivity index (χ2v) is 7.14. The second-order valence-electron chi connectivity index (χ2n) is 7.14. The van der Waals surface area contributed by atoms with Gasteiger partial charge in [-0.2, -0.15) is 0 Å². The van der Waals surface area contributed by atoms with E-state index in [-0.39, 0.29) is 36.5 Å². The van der Waals surface area contributed by atoms with Crippen LogP contribution in [0.1, 0.15) is 55.2 Å². The van der Waals surface area contributed by atoms with Crippen LogP contribution in [0.15, 0.2) is 29.1 Å². The van der Waals surface area contributed by atoms with Gasteiger partial charge in [0.05, 0.1) is 11.6 Å². The largest absolute Gasteiger partial charge is 0.484 e. The molecule has 4 rings (SSSR count). The van der Waals surface area contributed by atoms with E-state index in [1.807, 2.05) is 16.8 Å². The number of hydrogen-bond acceptors (Lipinski definition) is 4. The van der Waals surface area contributed by atoms with Crippen LogP contribution >= 0.6 is 0 Å². The highest BCUT2D eigenvalue weighted by Gasteiger charge is 2.34. The number of benzene rings is 1. The summed E-state index contributed by atoms with van der Waals surface area (Å²) in [5, 5.41) is 5.82. The minimum absolute atomic E-state index is 0.104. The highest BCUT2D eigenvalue weighted by Crippen LogP contribution is 2.39. The number of primary amides is 1. The molecule has 8 nitrogen and oxygen atoms in total. The van der Waals surface area contributed by atoms with Crippen molar-refractivity contribution in [1.29, 1.82) is 0 Å². The fourth-order valence-corrected chi connectivity index (χ4v) is 4.06. The lowest BCUT2D eigenvalue weighted by molar-refractivity contribution is -0.120. The quantitative estimate of drug-likeness (QED) is 0.741. The Kier molecular flexibility index (Phi) is 4.47. The third-order valence-electron chi connectivity index (χ3n) is 5.31. The second kappa shape index (κ2) is 6.94. The van der Waals surface area contributed by atoms with E-state index >= 15 is 0 Å². The molecule has 2 heterocycles. The third kappa shape index (κ3) is 3.34. The van der Waals surface area contributed by atoms with Gasteiger partial charge in [-0.1, -0.05) is 25.0 Å². The van der Waals surface area contributed by atoms with Crippen LogP contribution in [0.4, 0.5) is 5.82 Å². The molecule has 4 N–H and O–H groups in total. The molecule has 0 saturated heterocycles. The lowest BCUT2D eigenvalue weighted by Crippen LogP contribution is -2.27. The van der Waals surface area contributed by atoms with Gasteiger partial charge in [-0.05, 0) is 30.5 Å². The average Bonchev–Trinajstić information content (AvgIpc) is 3.28. The molecule has 2 aromatic rings. The summed E-state index contributed by atoms with van der Waals surface area (Å²) < 4.78 is 7.12. The minimum atomic E-state index is -0.549. The monoisotopic (exact) mass is 370 g/mol. The first-order valence-corrected chi connectivity index (χ1v) is 9.18. The van der Waals surface area contributed by atoms with Gasteiger partial charge in [0, 0.05) is 12.3 Å². The fourth-order valence-electron chi connectivity index (χ4n) is 4.06. The third-order valence-corrected chi connectivity index (χ3v) is 5.31. The van der Waals surface area contributed by atoms with Crippen molar-refractivity contribution in [3.05, 3.63) is 45.7 Å². The molecule has 1 aromatic heterocycles. The van der Waals surface area contributed by atoms with E-state index in [9.17, 15) is 14.4 Å². The van der Waals surface area contributed by atoms with Gasteiger partial charge in [-0.25, -0.2) is 0 Å². The highest BCUT2D eigenvalue weighted by atomic mass is 16.5. The van der Waals surface area contributed by atoms with E-state index in [0.717, 1.165) is 31.2 Å². The average molecular weight is 370 g/mol. The molecule has 1 unspecified atom stereocenters. The molecular formula is C19H22N4O4. The highest BCUT2D eigenvalue weighted by molar-refractivity contribution is 5.94. The fraction of sp³-hybridized carbons (Fsp3) is 0.421. The van der Waals surface area contributed by atoms with E-state index in [1.54, 1.807) is 12.1 Å². The molecule has 8 heteroatoms. The van der Waals surface area contributed by atoms with Gasteiger partial charge in [0.15, 0.2) is 6.61 Å². The van der Waals surface area contributed by atoms with E-state index < -0.39 is 5.91 Å². The number of anilines is 1. The van der Waals surface area contributed by atoms with Gasteiger partial charge >= 0.3 is 0 Å². The number of amides is 2. The Balaban J connectivity index is 1.66. The van der Waals surface area contributed by atoms with Crippen molar-refractivity contribution in [2.45, 2.75) is 44.1 Å². The van der Waals surface area contributed by atoms with Crippen LogP contribution in [0.2, 0.25) is 0 Å². The first-order chi connectivity index (χ1) is 13.0. The molecule has 0 bridgehead atoms. The minimum Gasteiger partial charge on any atom is -0.484 e. The first-order valence-electron chi connectivity index (χ1n) is 9.18. The normalized spacial score (nSPS) is 19.6. The van der Waals surface area contributed by atoms with Gasteiger partial charge in [0.1, 0.15) is 11.6 Å². The molecule has 1 aromatic carbocycles. The van der Waals surface area contributed by atoms with Crippen molar-refractivity contribution in [2.24, 2.45) is 5.73 Å². The molecule has 1 aliphatic heterocycles. The van der Waals surface area contributed by atoms with Crippen LogP contribution < -0.4 is 21.3 Å². The molecule has 1 atom stereocenters. The predicted octanol–water partition coefficient (Wildman–Crippen LogP) is 1.63. The summed E-state index contributed by atoms with van der Waals surface area (Å²) in [7, 11) is 0. The lowest BCUT2D eigenvalue weighted by Gasteiger charge is -2.25. The zero-order chi connectivity index (χ0) is 19.0. The molecule has 0 radical (unpaired) electrons. The number of rotatable bonds is 5. The predicted molar refractivity (Wildman–Crippen MR) is 98.8 cm³/mol. The van der Waals surface area contributed by atoms with Crippen LogP contribution in [0.25, 0.3) is 0 Å². The van der Waals surface area contributed by atoms with Gasteiger partial charge in [-0.15, -0.1) is 0 Å². The summed E-state index contributed by atoms with van der Waals surface area (Å²) in [6.07, 6.45) is 4.48. The van der Waals surface area contributed by atoms with Crippen LogP contribution in [-0.2, 0) is 9.59 Å². The molecular weight excluding hydrogens is 348 g/mol. The number of carbonyl (C=O) groups excluding carboxylic acids is 2. The summed E-state index contributed by atoms with van der Waals surface area (Å²) in [5.74, 6) is 0.141. The zero-order valence-electron chi connectivity index (χ0n) is 14.9. The maximum absolute atomic E-state index is 12.7. The van der Waals surface area contributed by atoms with Crippen molar-refractivity contribution in [3.63, 3.8) is 0 Å². The Morgan fingerprint density at radius 1 is 1.19 bits per heavy atom. The number of nitrogens with two attached hydrogens (primary N) is 1. The van der Waals surface area contributed by atoms with Crippen LogP contribution in [0.5, 0.6) is 5.75 Å². The van der Waals surface area contributed by atoms with Gasteiger partial charge in [0.25, 0.3) is 11.5 Å². The van der Waals surface area contributed by atoms with E-state index in [4.69, 9.17) is 10.5 Å². The summed E-state index contributed by atoms with van der Waals surface area (Å²) >= 11 is 0. The van der Waals surface area contributed by atoms with E-state index in [2.05, 4.69) is 10.4 Å². The smallest absolute Gasteiger partial charge is 0.270 e. The maximum atomic E-state index is 12.7. The summed E-state index contributed by atoms with van der Waals surface area (Å²) in [5.41, 5.74) is 6.38. The van der Waals surface area contributed by atoms with Crippen molar-refractivity contribution >= 4 is 17.6 Å². The Hall–Kier alpha value is -3.03. The Morgan fingerprint density at radius 3 is 2.56 bits per heavy atom. The zero-order valence-corrected chi connectivity index (χ0v) is 14.9. The number of hydrogen-bond donors (Lipinski definition) is 3. The van der Waals surface area contributed by atoms with Crippen molar-refractivity contribution < 1.29 is 14.3 Å². The number of nitrogens with one attached hydrogen (secondary N) is 2. The van der Waals surface area contributed by atoms with Crippen LogP contribution in [-0.4, -0.2) is 28.2 Å².